The van der Waals surface area contributed by atoms with Crippen LogP contribution in [0.1, 0.15) is 11.8 Å². The highest BCUT2D eigenvalue weighted by atomic mass is 32.1. The van der Waals surface area contributed by atoms with Gasteiger partial charge in [0.1, 0.15) is 0 Å². The lowest BCUT2D eigenvalue weighted by Gasteiger charge is -1.87. The molecule has 2 nitrogen and oxygen atoms in total. The van der Waals surface area contributed by atoms with E-state index in [0.29, 0.717) is 0 Å². The summed E-state index contributed by atoms with van der Waals surface area (Å²) >= 11 is 1.62. The van der Waals surface area contributed by atoms with Gasteiger partial charge in [0.05, 0.1) is 0 Å². The fourth-order valence-electron chi connectivity index (χ4n) is 0.843. The molecule has 1 N–H and O–H groups in total. The largest absolute Gasteiger partial charge is 0.478 e. The second-order valence-electron chi connectivity index (χ2n) is 2.58. The molecule has 0 radical (unpaired) electrons. The first kappa shape index (κ1) is 9.74. The monoisotopic (exact) mass is 194 g/mol. The van der Waals surface area contributed by atoms with Gasteiger partial charge >= 0.3 is 5.97 Å². The third-order valence-corrected chi connectivity index (χ3v) is 2.24. The molecule has 1 aromatic rings. The van der Waals surface area contributed by atoms with Crippen molar-refractivity contribution in [3.05, 3.63) is 40.1 Å². The standard InChI is InChI=1S/C10H10O2S/c1-8(7-10(11)12)4-5-9-3-2-6-13-9/h2-7H,1H3,(H,11,12)/b5-4+,8-7+. The molecule has 0 aromatic carbocycles. The molecule has 68 valence electrons. The maximum atomic E-state index is 10.3. The minimum absolute atomic E-state index is 0.737. The molecular weight excluding hydrogens is 184 g/mol. The van der Waals surface area contributed by atoms with Crippen LogP contribution in [-0.4, -0.2) is 11.1 Å². The highest BCUT2D eigenvalue weighted by Crippen LogP contribution is 2.11. The van der Waals surface area contributed by atoms with Gasteiger partial charge in [-0.1, -0.05) is 12.1 Å². The van der Waals surface area contributed by atoms with Gasteiger partial charge in [-0.05, 0) is 30.0 Å². The average molecular weight is 194 g/mol. The molecular formula is C10H10O2S. The van der Waals surface area contributed by atoms with Crippen LogP contribution in [0.25, 0.3) is 6.08 Å². The Morgan fingerprint density at radius 1 is 1.62 bits per heavy atom. The Balaban J connectivity index is 2.64. The van der Waals surface area contributed by atoms with Crippen molar-refractivity contribution in [3.8, 4) is 0 Å². The molecule has 0 aliphatic rings. The fourth-order valence-corrected chi connectivity index (χ4v) is 1.46. The molecule has 1 heterocycles. The summed E-state index contributed by atoms with van der Waals surface area (Å²) in [6, 6.07) is 3.94. The average Bonchev–Trinajstić information content (AvgIpc) is 2.51. The van der Waals surface area contributed by atoms with Crippen LogP contribution in [0.15, 0.2) is 35.2 Å². The maximum Gasteiger partial charge on any atom is 0.328 e. The summed E-state index contributed by atoms with van der Waals surface area (Å²) in [6.45, 7) is 1.76. The van der Waals surface area contributed by atoms with Crippen LogP contribution in [0.4, 0.5) is 0 Å². The fraction of sp³-hybridized carbons (Fsp3) is 0.100. The zero-order valence-electron chi connectivity index (χ0n) is 7.23. The molecule has 0 atom stereocenters. The van der Waals surface area contributed by atoms with E-state index in [1.54, 1.807) is 24.3 Å². The predicted octanol–water partition coefficient (Wildman–Crippen LogP) is 2.79. The van der Waals surface area contributed by atoms with Crippen molar-refractivity contribution in [1.82, 2.24) is 0 Å². The Morgan fingerprint density at radius 3 is 2.92 bits per heavy atom. The number of aliphatic carboxylic acids is 1. The number of hydrogen-bond acceptors (Lipinski definition) is 2. The van der Waals surface area contributed by atoms with Crippen LogP contribution in [0.5, 0.6) is 0 Å². The summed E-state index contributed by atoms with van der Waals surface area (Å²) in [7, 11) is 0. The SMILES string of the molecule is CC(/C=C/c1cccs1)=C\C(=O)O. The van der Waals surface area contributed by atoms with Crippen molar-refractivity contribution >= 4 is 23.4 Å². The molecule has 0 amide bonds. The van der Waals surface area contributed by atoms with Gasteiger partial charge in [0, 0.05) is 11.0 Å². The first-order valence-corrected chi connectivity index (χ1v) is 4.69. The molecule has 3 heteroatoms. The Kier molecular flexibility index (Phi) is 3.46. The zero-order chi connectivity index (χ0) is 9.68. The third kappa shape index (κ3) is 3.71. The van der Waals surface area contributed by atoms with E-state index in [1.165, 1.54) is 6.08 Å². The van der Waals surface area contributed by atoms with Crippen LogP contribution < -0.4 is 0 Å². The van der Waals surface area contributed by atoms with Crippen molar-refractivity contribution in [3.63, 3.8) is 0 Å². The van der Waals surface area contributed by atoms with E-state index in [2.05, 4.69) is 0 Å². The number of thiophene rings is 1. The Morgan fingerprint density at radius 2 is 2.38 bits per heavy atom. The summed E-state index contributed by atoms with van der Waals surface area (Å²) < 4.78 is 0. The van der Waals surface area contributed by atoms with Crippen LogP contribution in [0, 0.1) is 0 Å². The number of allylic oxidation sites excluding steroid dienone is 2. The van der Waals surface area contributed by atoms with Gasteiger partial charge in [0.25, 0.3) is 0 Å². The smallest absolute Gasteiger partial charge is 0.328 e. The van der Waals surface area contributed by atoms with Crippen molar-refractivity contribution in [1.29, 1.82) is 0 Å². The zero-order valence-corrected chi connectivity index (χ0v) is 8.04. The number of carboxylic acids is 1. The van der Waals surface area contributed by atoms with Crippen molar-refractivity contribution in [2.75, 3.05) is 0 Å². The van der Waals surface area contributed by atoms with E-state index >= 15 is 0 Å². The summed E-state index contributed by atoms with van der Waals surface area (Å²) in [5.74, 6) is -0.909. The summed E-state index contributed by atoms with van der Waals surface area (Å²) in [5.41, 5.74) is 0.737. The van der Waals surface area contributed by atoms with E-state index < -0.39 is 5.97 Å². The van der Waals surface area contributed by atoms with Crippen molar-refractivity contribution in [2.45, 2.75) is 6.92 Å². The normalized spacial score (nSPS) is 12.2. The van der Waals surface area contributed by atoms with Crippen molar-refractivity contribution in [2.24, 2.45) is 0 Å². The Bertz CT molecular complexity index is 334. The molecule has 1 rings (SSSR count). The summed E-state index contributed by atoms with van der Waals surface area (Å²) in [6.07, 6.45) is 4.88. The molecule has 0 saturated heterocycles. The predicted molar refractivity (Wildman–Crippen MR) is 54.7 cm³/mol. The highest BCUT2D eigenvalue weighted by molar-refractivity contribution is 7.10. The van der Waals surface area contributed by atoms with Crippen LogP contribution in [-0.2, 0) is 4.79 Å². The number of carbonyl (C=O) groups is 1. The molecule has 0 spiro atoms. The second kappa shape index (κ2) is 4.62. The lowest BCUT2D eigenvalue weighted by Crippen LogP contribution is -1.87. The topological polar surface area (TPSA) is 37.3 Å². The quantitative estimate of drug-likeness (QED) is 0.593. The molecule has 13 heavy (non-hydrogen) atoms. The lowest BCUT2D eigenvalue weighted by molar-refractivity contribution is -0.131. The van der Waals surface area contributed by atoms with E-state index in [-0.39, 0.29) is 0 Å². The Hall–Kier alpha value is -1.35. The minimum Gasteiger partial charge on any atom is -0.478 e. The minimum atomic E-state index is -0.909. The lowest BCUT2D eigenvalue weighted by atomic mass is 10.2. The second-order valence-corrected chi connectivity index (χ2v) is 3.55. The van der Waals surface area contributed by atoms with Gasteiger partial charge in [-0.15, -0.1) is 11.3 Å². The molecule has 0 aliphatic heterocycles. The first-order chi connectivity index (χ1) is 6.18. The van der Waals surface area contributed by atoms with Crippen LogP contribution in [0.2, 0.25) is 0 Å². The van der Waals surface area contributed by atoms with E-state index in [4.69, 9.17) is 5.11 Å². The van der Waals surface area contributed by atoms with E-state index in [0.717, 1.165) is 10.5 Å². The molecule has 0 aliphatic carbocycles. The number of rotatable bonds is 3. The molecule has 0 saturated carbocycles. The summed E-state index contributed by atoms with van der Waals surface area (Å²) in [4.78, 5) is 11.4. The third-order valence-electron chi connectivity index (χ3n) is 1.40. The number of hydrogen-bond donors (Lipinski definition) is 1. The van der Waals surface area contributed by atoms with Crippen LogP contribution in [0.3, 0.4) is 0 Å². The van der Waals surface area contributed by atoms with Gasteiger partial charge in [-0.2, -0.15) is 0 Å². The van der Waals surface area contributed by atoms with E-state index in [9.17, 15) is 4.79 Å². The van der Waals surface area contributed by atoms with Crippen molar-refractivity contribution < 1.29 is 9.90 Å². The summed E-state index contributed by atoms with van der Waals surface area (Å²) in [5, 5.41) is 10.4. The van der Waals surface area contributed by atoms with E-state index in [1.807, 2.05) is 23.6 Å². The van der Waals surface area contributed by atoms with Crippen LogP contribution >= 0.6 is 11.3 Å². The number of carboxylic acid groups (broad SMARTS) is 1. The Labute approximate surface area is 80.8 Å². The molecule has 0 fully saturated rings. The van der Waals surface area contributed by atoms with Gasteiger partial charge in [-0.3, -0.25) is 0 Å². The first-order valence-electron chi connectivity index (χ1n) is 3.81. The van der Waals surface area contributed by atoms with Gasteiger partial charge in [0.15, 0.2) is 0 Å². The molecule has 0 unspecified atom stereocenters. The molecule has 0 bridgehead atoms. The van der Waals surface area contributed by atoms with Gasteiger partial charge in [0.2, 0.25) is 0 Å². The van der Waals surface area contributed by atoms with Gasteiger partial charge in [-0.25, -0.2) is 4.79 Å². The maximum absolute atomic E-state index is 10.3. The highest BCUT2D eigenvalue weighted by Gasteiger charge is 1.90. The van der Waals surface area contributed by atoms with Gasteiger partial charge < -0.3 is 5.11 Å². The molecule has 1 aromatic heterocycles.